The molecule has 4 nitrogen and oxygen atoms in total. The molecule has 0 aromatic heterocycles. The molecule has 1 aliphatic heterocycles. The van der Waals surface area contributed by atoms with Gasteiger partial charge in [0.05, 0.1) is 5.02 Å². The van der Waals surface area contributed by atoms with Crippen LogP contribution in [0.5, 0.6) is 0 Å². The molecule has 0 radical (unpaired) electrons. The van der Waals surface area contributed by atoms with Crippen LogP contribution in [-0.4, -0.2) is 47.0 Å². The van der Waals surface area contributed by atoms with E-state index in [1.807, 2.05) is 23.1 Å². The summed E-state index contributed by atoms with van der Waals surface area (Å²) in [6.45, 7) is 4.70. The highest BCUT2D eigenvalue weighted by molar-refractivity contribution is 9.10. The van der Waals surface area contributed by atoms with Crippen LogP contribution in [0.15, 0.2) is 22.7 Å². The minimum Gasteiger partial charge on any atom is -0.347 e. The number of hydrogen-bond donors (Lipinski definition) is 1. The number of halogens is 2. The average molecular weight is 391 g/mol. The summed E-state index contributed by atoms with van der Waals surface area (Å²) in [6.07, 6.45) is 0.919. The first-order valence-corrected chi connectivity index (χ1v) is 8.32. The van der Waals surface area contributed by atoms with Crippen molar-refractivity contribution in [1.82, 2.24) is 9.80 Å². The predicted octanol–water partition coefficient (Wildman–Crippen LogP) is 3.35. The van der Waals surface area contributed by atoms with Crippen molar-refractivity contribution in [1.29, 1.82) is 0 Å². The Hall–Kier alpha value is -0.850. The maximum Gasteiger partial charge on any atom is 0.219 e. The predicted molar refractivity (Wildman–Crippen MR) is 93.8 cm³/mol. The number of amides is 1. The molecule has 0 atom stereocenters. The monoisotopic (exact) mass is 389 g/mol. The summed E-state index contributed by atoms with van der Waals surface area (Å²) in [7, 11) is 0. The van der Waals surface area contributed by atoms with Gasteiger partial charge < -0.3 is 15.1 Å². The van der Waals surface area contributed by atoms with E-state index < -0.39 is 0 Å². The van der Waals surface area contributed by atoms with Crippen LogP contribution < -0.4 is 5.32 Å². The molecule has 7 heteroatoms. The number of thiocarbonyl (C=S) groups is 1. The molecule has 1 N–H and O–H groups in total. The standard InChI is InChI=1S/C14H17BrClN3OS/c1-10(20)18-5-2-6-19(8-7-18)14(21)17-11-3-4-12(15)13(16)9-11/h3-4,9H,2,5-8H2,1H3,(H,17,21). The Morgan fingerprint density at radius 1 is 1.29 bits per heavy atom. The minimum atomic E-state index is 0.121. The number of hydrogen-bond acceptors (Lipinski definition) is 2. The number of carbonyl (C=O) groups is 1. The van der Waals surface area contributed by atoms with Crippen molar-refractivity contribution in [3.05, 3.63) is 27.7 Å². The normalized spacial score (nSPS) is 15.6. The Morgan fingerprint density at radius 2 is 1.95 bits per heavy atom. The van der Waals surface area contributed by atoms with Gasteiger partial charge in [-0.25, -0.2) is 0 Å². The summed E-state index contributed by atoms with van der Waals surface area (Å²) in [5, 5.41) is 4.51. The number of anilines is 1. The lowest BCUT2D eigenvalue weighted by molar-refractivity contribution is -0.128. The summed E-state index contributed by atoms with van der Waals surface area (Å²) < 4.78 is 0.854. The van der Waals surface area contributed by atoms with Crippen molar-refractivity contribution in [2.45, 2.75) is 13.3 Å². The van der Waals surface area contributed by atoms with Gasteiger partial charge in [-0.1, -0.05) is 11.6 Å². The van der Waals surface area contributed by atoms with Crippen LogP contribution in [0.25, 0.3) is 0 Å². The van der Waals surface area contributed by atoms with Crippen LogP contribution in [0.4, 0.5) is 5.69 Å². The van der Waals surface area contributed by atoms with Crippen LogP contribution in [0.1, 0.15) is 13.3 Å². The highest BCUT2D eigenvalue weighted by atomic mass is 79.9. The number of carbonyl (C=O) groups excluding carboxylic acids is 1. The Morgan fingerprint density at radius 3 is 2.62 bits per heavy atom. The van der Waals surface area contributed by atoms with Gasteiger partial charge in [0.25, 0.3) is 0 Å². The molecule has 1 heterocycles. The molecular formula is C14H17BrClN3OS. The van der Waals surface area contributed by atoms with Crippen molar-refractivity contribution in [3.8, 4) is 0 Å². The van der Waals surface area contributed by atoms with Gasteiger partial charge >= 0.3 is 0 Å². The fourth-order valence-electron chi connectivity index (χ4n) is 2.21. The maximum absolute atomic E-state index is 11.4. The van der Waals surface area contributed by atoms with Crippen LogP contribution in [0.2, 0.25) is 5.02 Å². The highest BCUT2D eigenvalue weighted by Crippen LogP contribution is 2.25. The Labute approximate surface area is 143 Å². The van der Waals surface area contributed by atoms with Crippen molar-refractivity contribution in [2.24, 2.45) is 0 Å². The zero-order valence-corrected chi connectivity index (χ0v) is 14.9. The Kier molecular flexibility index (Phi) is 5.84. The minimum absolute atomic E-state index is 0.121. The molecule has 2 rings (SSSR count). The van der Waals surface area contributed by atoms with E-state index in [1.165, 1.54) is 0 Å². The summed E-state index contributed by atoms with van der Waals surface area (Å²) in [5.74, 6) is 0.121. The fraction of sp³-hybridized carbons (Fsp3) is 0.429. The number of nitrogens with one attached hydrogen (secondary N) is 1. The van der Waals surface area contributed by atoms with Crippen molar-refractivity contribution < 1.29 is 4.79 Å². The molecule has 21 heavy (non-hydrogen) atoms. The van der Waals surface area contributed by atoms with Crippen LogP contribution >= 0.6 is 39.7 Å². The summed E-state index contributed by atoms with van der Waals surface area (Å²) >= 11 is 14.9. The lowest BCUT2D eigenvalue weighted by atomic mass is 10.3. The van der Waals surface area contributed by atoms with Crippen molar-refractivity contribution in [2.75, 3.05) is 31.5 Å². The molecule has 0 saturated carbocycles. The fourth-order valence-corrected chi connectivity index (χ4v) is 2.94. The van der Waals surface area contributed by atoms with E-state index >= 15 is 0 Å². The third-order valence-electron chi connectivity index (χ3n) is 3.40. The first kappa shape index (κ1) is 16.5. The van der Waals surface area contributed by atoms with Gasteiger partial charge in [0.1, 0.15) is 0 Å². The first-order chi connectivity index (χ1) is 9.97. The van der Waals surface area contributed by atoms with E-state index in [2.05, 4.69) is 26.1 Å². The van der Waals surface area contributed by atoms with Gasteiger partial charge in [-0.3, -0.25) is 4.79 Å². The van der Waals surface area contributed by atoms with E-state index in [1.54, 1.807) is 6.92 Å². The molecule has 1 aromatic carbocycles. The van der Waals surface area contributed by atoms with E-state index in [9.17, 15) is 4.79 Å². The van der Waals surface area contributed by atoms with Gasteiger partial charge in [-0.15, -0.1) is 0 Å². The average Bonchev–Trinajstić information content (AvgIpc) is 2.69. The number of nitrogens with zero attached hydrogens (tertiary/aromatic N) is 2. The van der Waals surface area contributed by atoms with E-state index in [-0.39, 0.29) is 5.91 Å². The second kappa shape index (κ2) is 7.42. The van der Waals surface area contributed by atoms with Gasteiger partial charge in [0.15, 0.2) is 5.11 Å². The molecule has 114 valence electrons. The van der Waals surface area contributed by atoms with E-state index in [0.29, 0.717) is 16.7 Å². The van der Waals surface area contributed by atoms with Crippen molar-refractivity contribution >= 4 is 56.5 Å². The third kappa shape index (κ3) is 4.56. The Bertz CT molecular complexity index is 555. The highest BCUT2D eigenvalue weighted by Gasteiger charge is 2.18. The quantitative estimate of drug-likeness (QED) is 0.746. The Balaban J connectivity index is 1.96. The van der Waals surface area contributed by atoms with Gasteiger partial charge in [-0.2, -0.15) is 0 Å². The molecule has 0 spiro atoms. The van der Waals surface area contributed by atoms with Crippen LogP contribution in [-0.2, 0) is 4.79 Å². The molecule has 1 fully saturated rings. The third-order valence-corrected chi connectivity index (χ3v) is 4.99. The molecule has 1 aliphatic rings. The van der Waals surface area contributed by atoms with E-state index in [0.717, 1.165) is 36.2 Å². The maximum atomic E-state index is 11.4. The molecular weight excluding hydrogens is 374 g/mol. The SMILES string of the molecule is CC(=O)N1CCCN(C(=S)Nc2ccc(Br)c(Cl)c2)CC1. The topological polar surface area (TPSA) is 35.6 Å². The lowest BCUT2D eigenvalue weighted by Crippen LogP contribution is -2.38. The second-order valence-corrected chi connectivity index (χ2v) is 6.55. The molecule has 1 aromatic rings. The summed E-state index contributed by atoms with van der Waals surface area (Å²) in [5.41, 5.74) is 0.862. The smallest absolute Gasteiger partial charge is 0.219 e. The number of rotatable bonds is 1. The summed E-state index contributed by atoms with van der Waals surface area (Å²) in [4.78, 5) is 15.4. The lowest BCUT2D eigenvalue weighted by Gasteiger charge is -2.24. The zero-order chi connectivity index (χ0) is 15.4. The molecule has 1 amide bonds. The van der Waals surface area contributed by atoms with Gasteiger partial charge in [0.2, 0.25) is 5.91 Å². The number of benzene rings is 1. The summed E-state index contributed by atoms with van der Waals surface area (Å²) in [6, 6.07) is 5.63. The van der Waals surface area contributed by atoms with Gasteiger partial charge in [-0.05, 0) is 52.8 Å². The molecule has 0 unspecified atom stereocenters. The van der Waals surface area contributed by atoms with E-state index in [4.69, 9.17) is 23.8 Å². The first-order valence-electron chi connectivity index (χ1n) is 6.74. The van der Waals surface area contributed by atoms with Crippen molar-refractivity contribution in [3.63, 3.8) is 0 Å². The second-order valence-electron chi connectivity index (χ2n) is 4.91. The zero-order valence-electron chi connectivity index (χ0n) is 11.7. The molecule has 0 aliphatic carbocycles. The largest absolute Gasteiger partial charge is 0.347 e. The molecule has 0 bridgehead atoms. The van der Waals surface area contributed by atoms with Gasteiger partial charge in [0, 0.05) is 43.3 Å². The van der Waals surface area contributed by atoms with Crippen LogP contribution in [0.3, 0.4) is 0 Å². The molecule has 1 saturated heterocycles. The van der Waals surface area contributed by atoms with Crippen LogP contribution in [0, 0.1) is 0 Å².